The van der Waals surface area contributed by atoms with Crippen molar-refractivity contribution in [2.75, 3.05) is 0 Å². The smallest absolute Gasteiger partial charge is 0.335 e. The van der Waals surface area contributed by atoms with Crippen molar-refractivity contribution in [1.29, 1.82) is 0 Å². The van der Waals surface area contributed by atoms with Gasteiger partial charge in [-0.3, -0.25) is 9.11 Å². The molecule has 0 bridgehead atoms. The summed E-state index contributed by atoms with van der Waals surface area (Å²) in [6, 6.07) is 6.73. The maximum Gasteiger partial charge on any atom is 0.335 e. The molecule has 2 N–H and O–H groups in total. The van der Waals surface area contributed by atoms with Gasteiger partial charge in [-0.15, -0.1) is 0 Å². The number of allylic oxidation sites excluding steroid dienone is 1. The Hall–Kier alpha value is -1.72. The van der Waals surface area contributed by atoms with Gasteiger partial charge in [0.15, 0.2) is 4.86 Å². The molecule has 82 valence electrons. The summed E-state index contributed by atoms with van der Waals surface area (Å²) in [6.07, 6.45) is 3.00. The zero-order valence-corrected chi connectivity index (χ0v) is 8.89. The van der Waals surface area contributed by atoms with E-state index in [1.165, 1.54) is 6.08 Å². The fourth-order valence-electron chi connectivity index (χ4n) is 1.59. The van der Waals surface area contributed by atoms with Crippen LogP contribution in [0.25, 0.3) is 11.6 Å². The number of rotatable bonds is 0. The van der Waals surface area contributed by atoms with Crippen LogP contribution in [0.2, 0.25) is 0 Å². The van der Waals surface area contributed by atoms with Crippen LogP contribution >= 0.6 is 0 Å². The summed E-state index contributed by atoms with van der Waals surface area (Å²) in [6.45, 7) is 0. The second kappa shape index (κ2) is 3.70. The lowest BCUT2D eigenvalue weighted by Crippen LogP contribution is -2.26. The molecule has 0 amide bonds. The zero-order valence-electron chi connectivity index (χ0n) is 8.07. The molecule has 1 aliphatic rings. The highest BCUT2D eigenvalue weighted by Gasteiger charge is 2.28. The maximum atomic E-state index is 11.3. The molecule has 0 aliphatic heterocycles. The average Bonchev–Trinajstić information content (AvgIpc) is 2.26. The first-order valence-electron chi connectivity index (χ1n) is 4.40. The van der Waals surface area contributed by atoms with Crippen LogP contribution in [-0.4, -0.2) is 28.7 Å². The van der Waals surface area contributed by atoms with Crippen LogP contribution in [0.1, 0.15) is 11.1 Å². The SMILES string of the molecule is [N-]=[N+]=C1C=Cc2ccccc2C1=S(=O)(O)O. The minimum atomic E-state index is -4.18. The molecule has 0 unspecified atom stereocenters. The Morgan fingerprint density at radius 2 is 1.88 bits per heavy atom. The zero-order chi connectivity index (χ0) is 11.8. The normalized spacial score (nSPS) is 14.6. The third kappa shape index (κ3) is 1.70. The number of hydrogen-bond donors (Lipinski definition) is 2. The number of fused-ring (bicyclic) bond motifs is 1. The molecule has 6 heteroatoms. The Morgan fingerprint density at radius 3 is 2.50 bits per heavy atom. The van der Waals surface area contributed by atoms with Crippen LogP contribution in [0.15, 0.2) is 30.3 Å². The highest BCUT2D eigenvalue weighted by atomic mass is 32.2. The van der Waals surface area contributed by atoms with Gasteiger partial charge in [-0.25, -0.2) is 4.21 Å². The van der Waals surface area contributed by atoms with Crippen molar-refractivity contribution in [3.8, 4) is 0 Å². The van der Waals surface area contributed by atoms with E-state index in [2.05, 4.69) is 4.79 Å². The predicted molar refractivity (Wildman–Crippen MR) is 61.6 cm³/mol. The molecule has 1 aromatic rings. The summed E-state index contributed by atoms with van der Waals surface area (Å²) in [5.74, 6) is 0. The van der Waals surface area contributed by atoms with E-state index in [1.807, 2.05) is 0 Å². The summed E-state index contributed by atoms with van der Waals surface area (Å²) in [5.41, 5.74) is 9.66. The van der Waals surface area contributed by atoms with Gasteiger partial charge in [-0.05, 0) is 11.6 Å². The third-order valence-electron chi connectivity index (χ3n) is 2.23. The van der Waals surface area contributed by atoms with Crippen LogP contribution in [-0.2, 0) is 10.1 Å². The molecule has 1 aliphatic carbocycles. The quantitative estimate of drug-likeness (QED) is 0.401. The van der Waals surface area contributed by atoms with E-state index in [1.54, 1.807) is 30.3 Å². The van der Waals surface area contributed by atoms with E-state index >= 15 is 0 Å². The van der Waals surface area contributed by atoms with Gasteiger partial charge < -0.3 is 5.53 Å². The second-order valence-electron chi connectivity index (χ2n) is 3.23. The van der Waals surface area contributed by atoms with Gasteiger partial charge in [0.25, 0.3) is 0 Å². The van der Waals surface area contributed by atoms with Crippen molar-refractivity contribution in [2.45, 2.75) is 0 Å². The summed E-state index contributed by atoms with van der Waals surface area (Å²) in [7, 11) is -4.18. The van der Waals surface area contributed by atoms with Crippen LogP contribution in [0.4, 0.5) is 0 Å². The van der Waals surface area contributed by atoms with E-state index < -0.39 is 10.1 Å². The molecule has 0 saturated heterocycles. The number of nitrogens with zero attached hydrogens (tertiary/aromatic N) is 2. The first-order valence-corrected chi connectivity index (χ1v) is 5.87. The fourth-order valence-corrected chi connectivity index (χ4v) is 2.44. The highest BCUT2D eigenvalue weighted by Crippen LogP contribution is 2.18. The third-order valence-corrected chi connectivity index (χ3v) is 3.19. The molecule has 5 nitrogen and oxygen atoms in total. The first kappa shape index (κ1) is 10.8. The van der Waals surface area contributed by atoms with Gasteiger partial charge >= 0.3 is 5.71 Å². The summed E-state index contributed by atoms with van der Waals surface area (Å²) >= 11 is 0. The average molecular weight is 236 g/mol. The van der Waals surface area contributed by atoms with Crippen molar-refractivity contribution < 1.29 is 18.1 Å². The molecule has 0 atom stereocenters. The second-order valence-corrected chi connectivity index (χ2v) is 4.63. The lowest BCUT2D eigenvalue weighted by molar-refractivity contribution is 0.000378. The van der Waals surface area contributed by atoms with Crippen molar-refractivity contribution in [1.82, 2.24) is 0 Å². The van der Waals surface area contributed by atoms with Gasteiger partial charge in [-0.1, -0.05) is 24.3 Å². The van der Waals surface area contributed by atoms with Gasteiger partial charge in [0.05, 0.1) is 0 Å². The topological polar surface area (TPSA) is 93.9 Å². The lowest BCUT2D eigenvalue weighted by atomic mass is 9.96. The lowest BCUT2D eigenvalue weighted by Gasteiger charge is -2.10. The summed E-state index contributed by atoms with van der Waals surface area (Å²) in [4.78, 5) is 2.62. The van der Waals surface area contributed by atoms with E-state index in [9.17, 15) is 13.3 Å². The monoisotopic (exact) mass is 236 g/mol. The molecular formula is C10H8N2O3S. The molecule has 0 spiro atoms. The Labute approximate surface area is 92.3 Å². The Balaban J connectivity index is 2.92. The molecule has 0 fully saturated rings. The van der Waals surface area contributed by atoms with Gasteiger partial charge in [0.2, 0.25) is 10.1 Å². The van der Waals surface area contributed by atoms with E-state index in [0.29, 0.717) is 11.1 Å². The molecule has 1 aromatic carbocycles. The Bertz CT molecular complexity index is 640. The van der Waals surface area contributed by atoms with Crippen molar-refractivity contribution in [2.24, 2.45) is 0 Å². The largest absolute Gasteiger partial charge is 0.361 e. The Morgan fingerprint density at radius 1 is 1.19 bits per heavy atom. The first-order chi connectivity index (χ1) is 7.54. The highest BCUT2D eigenvalue weighted by molar-refractivity contribution is 7.93. The minimum absolute atomic E-state index is 0.117. The summed E-state index contributed by atoms with van der Waals surface area (Å²) < 4.78 is 29.7. The van der Waals surface area contributed by atoms with Crippen molar-refractivity contribution in [3.05, 3.63) is 47.0 Å². The maximum absolute atomic E-state index is 11.3. The van der Waals surface area contributed by atoms with Crippen LogP contribution < -0.4 is 0 Å². The van der Waals surface area contributed by atoms with Crippen LogP contribution in [0.5, 0.6) is 0 Å². The van der Waals surface area contributed by atoms with Gasteiger partial charge in [0, 0.05) is 11.6 Å². The Kier molecular flexibility index (Phi) is 2.49. The fraction of sp³-hybridized carbons (Fsp3) is 0. The molecule has 0 aromatic heterocycles. The summed E-state index contributed by atoms with van der Waals surface area (Å²) in [5, 5.41) is 0. The number of benzene rings is 1. The number of hydrogen-bond acceptors (Lipinski definition) is 1. The van der Waals surface area contributed by atoms with Gasteiger partial charge in [-0.2, -0.15) is 4.79 Å². The molecule has 2 rings (SSSR count). The predicted octanol–water partition coefficient (Wildman–Crippen LogP) is 1.14. The van der Waals surface area contributed by atoms with Crippen molar-refractivity contribution >= 4 is 26.7 Å². The molecule has 0 heterocycles. The molecule has 16 heavy (non-hydrogen) atoms. The van der Waals surface area contributed by atoms with E-state index in [-0.39, 0.29) is 10.6 Å². The standard InChI is InChI=1S/C10H8N2O3S/c11-12-9-6-5-7-3-1-2-4-8(7)10(9)16(13,14)15/h1-6H,(H2,13,14,15). The van der Waals surface area contributed by atoms with Crippen LogP contribution in [0.3, 0.4) is 0 Å². The van der Waals surface area contributed by atoms with Crippen molar-refractivity contribution in [3.63, 3.8) is 0 Å². The molecule has 0 saturated carbocycles. The van der Waals surface area contributed by atoms with E-state index in [4.69, 9.17) is 5.53 Å². The van der Waals surface area contributed by atoms with Crippen LogP contribution in [0, 0.1) is 0 Å². The van der Waals surface area contributed by atoms with E-state index in [0.717, 1.165) is 0 Å². The minimum Gasteiger partial charge on any atom is -0.361 e. The molecule has 0 radical (unpaired) electrons. The van der Waals surface area contributed by atoms with Gasteiger partial charge in [0.1, 0.15) is 0 Å². The molecular weight excluding hydrogens is 228 g/mol.